The van der Waals surface area contributed by atoms with Crippen LogP contribution in [0.15, 0.2) is 42.9 Å². The van der Waals surface area contributed by atoms with Gasteiger partial charge in [0.2, 0.25) is 0 Å². The normalized spacial score (nSPS) is 15.5. The third kappa shape index (κ3) is 5.05. The number of alkyl halides is 3. The topological polar surface area (TPSA) is 91.7 Å². The largest absolute Gasteiger partial charge is 0.401 e. The molecule has 188 valence electrons. The first kappa shape index (κ1) is 23.9. The van der Waals surface area contributed by atoms with Crippen LogP contribution in [0.5, 0.6) is 0 Å². The van der Waals surface area contributed by atoms with Crippen LogP contribution in [0.3, 0.4) is 0 Å². The molecule has 1 aromatic carbocycles. The van der Waals surface area contributed by atoms with Crippen LogP contribution in [0.4, 0.5) is 27.6 Å². The number of carbonyl (C=O) groups is 1. The Labute approximate surface area is 201 Å². The van der Waals surface area contributed by atoms with Crippen LogP contribution in [0.1, 0.15) is 34.9 Å². The second-order valence-corrected chi connectivity index (χ2v) is 8.62. The number of aromatic nitrogens is 5. The van der Waals surface area contributed by atoms with E-state index in [0.717, 1.165) is 17.8 Å². The summed E-state index contributed by atoms with van der Waals surface area (Å²) in [5, 5.41) is 10.8. The lowest BCUT2D eigenvalue weighted by atomic mass is 9.93. The highest BCUT2D eigenvalue weighted by Crippen LogP contribution is 2.30. The zero-order valence-electron chi connectivity index (χ0n) is 18.7. The van der Waals surface area contributed by atoms with Crippen molar-refractivity contribution in [3.05, 3.63) is 65.9 Å². The summed E-state index contributed by atoms with van der Waals surface area (Å²) >= 11 is 0. The lowest BCUT2D eigenvalue weighted by Gasteiger charge is -2.32. The van der Waals surface area contributed by atoms with Gasteiger partial charge < -0.3 is 10.3 Å². The first-order chi connectivity index (χ1) is 17.2. The Balaban J connectivity index is 1.27. The molecule has 0 bridgehead atoms. The van der Waals surface area contributed by atoms with Crippen LogP contribution in [0.2, 0.25) is 0 Å². The summed E-state index contributed by atoms with van der Waals surface area (Å²) in [5.74, 6) is -2.64. The molecule has 4 aromatic rings. The molecule has 1 aliphatic heterocycles. The average molecular weight is 505 g/mol. The maximum Gasteiger partial charge on any atom is 0.401 e. The van der Waals surface area contributed by atoms with Crippen LogP contribution in [-0.4, -0.2) is 61.6 Å². The van der Waals surface area contributed by atoms with Gasteiger partial charge in [0.25, 0.3) is 5.91 Å². The summed E-state index contributed by atoms with van der Waals surface area (Å²) in [6.45, 7) is -0.260. The van der Waals surface area contributed by atoms with E-state index >= 15 is 0 Å². The fraction of sp³-hybridized carbons (Fsp3) is 0.304. The van der Waals surface area contributed by atoms with Gasteiger partial charge in [-0.15, -0.1) is 5.10 Å². The second-order valence-electron chi connectivity index (χ2n) is 8.62. The van der Waals surface area contributed by atoms with Crippen molar-refractivity contribution in [2.24, 2.45) is 0 Å². The summed E-state index contributed by atoms with van der Waals surface area (Å²) in [4.78, 5) is 21.2. The molecule has 4 heterocycles. The van der Waals surface area contributed by atoms with E-state index in [9.17, 15) is 26.7 Å². The minimum Gasteiger partial charge on any atom is -0.359 e. The van der Waals surface area contributed by atoms with Gasteiger partial charge in [-0.25, -0.2) is 13.5 Å². The van der Waals surface area contributed by atoms with Crippen LogP contribution < -0.4 is 5.32 Å². The molecule has 1 saturated heterocycles. The van der Waals surface area contributed by atoms with Crippen molar-refractivity contribution < 1.29 is 26.7 Å². The third-order valence-electron chi connectivity index (χ3n) is 6.13. The number of benzene rings is 1. The van der Waals surface area contributed by atoms with E-state index in [4.69, 9.17) is 0 Å². The van der Waals surface area contributed by atoms with Gasteiger partial charge in [0.05, 0.1) is 29.6 Å². The van der Waals surface area contributed by atoms with E-state index < -0.39 is 30.3 Å². The number of aromatic amines is 1. The van der Waals surface area contributed by atoms with Gasteiger partial charge in [-0.2, -0.15) is 13.2 Å². The molecule has 1 aliphatic rings. The van der Waals surface area contributed by atoms with Crippen molar-refractivity contribution >= 4 is 22.5 Å². The Bertz CT molecular complexity index is 1410. The number of nitrogens with one attached hydrogen (secondary N) is 2. The molecule has 0 atom stereocenters. The second kappa shape index (κ2) is 9.30. The maximum atomic E-state index is 13.6. The standard InChI is InChI=1S/C23H20F5N7O/c24-16-8-15-19(9-17(16)25)30-10-20(15)31-22(36)21-11-35(33-32-21)14-1-4-29-18(7-14)13-2-5-34(6-3-13)12-23(26,27)28/h1,4,7-11,13,30H,2-3,5-6,12H2,(H,31,36). The highest BCUT2D eigenvalue weighted by atomic mass is 19.4. The monoisotopic (exact) mass is 505 g/mol. The smallest absolute Gasteiger partial charge is 0.359 e. The van der Waals surface area contributed by atoms with Gasteiger partial charge in [0.1, 0.15) is 0 Å². The molecule has 0 saturated carbocycles. The number of piperidine rings is 1. The van der Waals surface area contributed by atoms with Gasteiger partial charge >= 0.3 is 6.18 Å². The van der Waals surface area contributed by atoms with Crippen molar-refractivity contribution in [3.8, 4) is 5.69 Å². The SMILES string of the molecule is O=C(Nc1c[nH]c2cc(F)c(F)cc12)c1cn(-c2ccnc(C3CCN(CC(F)(F)F)CC3)c2)nn1. The van der Waals surface area contributed by atoms with Gasteiger partial charge in [0.15, 0.2) is 17.3 Å². The van der Waals surface area contributed by atoms with Crippen molar-refractivity contribution in [2.45, 2.75) is 24.9 Å². The lowest BCUT2D eigenvalue weighted by Crippen LogP contribution is -2.39. The minimum atomic E-state index is -4.22. The summed E-state index contributed by atoms with van der Waals surface area (Å²) in [5.41, 5.74) is 1.89. The number of carbonyl (C=O) groups excluding carboxylic acids is 1. The molecule has 1 amide bonds. The number of H-pyrrole nitrogens is 1. The fourth-order valence-electron chi connectivity index (χ4n) is 4.34. The number of nitrogens with zero attached hydrogens (tertiary/aromatic N) is 5. The van der Waals surface area contributed by atoms with E-state index in [1.165, 1.54) is 22.0 Å². The Morgan fingerprint density at radius 3 is 2.64 bits per heavy atom. The minimum absolute atomic E-state index is 0.00725. The predicted octanol–water partition coefficient (Wildman–Crippen LogP) is 4.42. The van der Waals surface area contributed by atoms with Gasteiger partial charge in [0, 0.05) is 35.5 Å². The van der Waals surface area contributed by atoms with Gasteiger partial charge in [-0.1, -0.05) is 5.21 Å². The number of likely N-dealkylation sites (tertiary alicyclic amines) is 1. The zero-order valence-corrected chi connectivity index (χ0v) is 18.7. The lowest BCUT2D eigenvalue weighted by molar-refractivity contribution is -0.147. The Morgan fingerprint density at radius 2 is 1.89 bits per heavy atom. The number of halogens is 5. The van der Waals surface area contributed by atoms with E-state index in [1.54, 1.807) is 18.3 Å². The molecular formula is C23H20F5N7O. The predicted molar refractivity (Wildman–Crippen MR) is 120 cm³/mol. The molecule has 5 rings (SSSR count). The molecule has 36 heavy (non-hydrogen) atoms. The summed E-state index contributed by atoms with van der Waals surface area (Å²) in [6.07, 6.45) is 1.29. The summed E-state index contributed by atoms with van der Waals surface area (Å²) in [7, 11) is 0. The molecular weight excluding hydrogens is 485 g/mol. The molecule has 1 fully saturated rings. The number of amides is 1. The summed E-state index contributed by atoms with van der Waals surface area (Å²) < 4.78 is 66.4. The van der Waals surface area contributed by atoms with Crippen LogP contribution >= 0.6 is 0 Å². The van der Waals surface area contributed by atoms with E-state index in [1.807, 2.05) is 0 Å². The van der Waals surface area contributed by atoms with E-state index in [0.29, 0.717) is 42.5 Å². The first-order valence-corrected chi connectivity index (χ1v) is 11.1. The van der Waals surface area contributed by atoms with Crippen molar-refractivity contribution in [1.29, 1.82) is 0 Å². The highest BCUT2D eigenvalue weighted by molar-refractivity contribution is 6.07. The third-order valence-corrected chi connectivity index (χ3v) is 6.13. The Morgan fingerprint density at radius 1 is 1.14 bits per heavy atom. The maximum absolute atomic E-state index is 13.6. The molecule has 13 heteroatoms. The molecule has 0 spiro atoms. The van der Waals surface area contributed by atoms with Gasteiger partial charge in [-0.3, -0.25) is 14.7 Å². The van der Waals surface area contributed by atoms with Crippen LogP contribution in [0.25, 0.3) is 16.6 Å². The quantitative estimate of drug-likeness (QED) is 0.392. The molecule has 0 aliphatic carbocycles. The first-order valence-electron chi connectivity index (χ1n) is 11.1. The molecule has 3 aromatic heterocycles. The highest BCUT2D eigenvalue weighted by Gasteiger charge is 2.33. The van der Waals surface area contributed by atoms with Crippen molar-refractivity contribution in [3.63, 3.8) is 0 Å². The van der Waals surface area contributed by atoms with Crippen LogP contribution in [0, 0.1) is 11.6 Å². The number of hydrogen-bond donors (Lipinski definition) is 2. The average Bonchev–Trinajstić information content (AvgIpc) is 3.47. The number of anilines is 1. The molecule has 8 nitrogen and oxygen atoms in total. The van der Waals surface area contributed by atoms with Gasteiger partial charge in [-0.05, 0) is 44.1 Å². The number of pyridine rings is 1. The molecule has 0 unspecified atom stereocenters. The fourth-order valence-corrected chi connectivity index (χ4v) is 4.34. The number of rotatable bonds is 5. The molecule has 2 N–H and O–H groups in total. The van der Waals surface area contributed by atoms with E-state index in [2.05, 4.69) is 25.6 Å². The van der Waals surface area contributed by atoms with Crippen molar-refractivity contribution in [1.82, 2.24) is 29.9 Å². The summed E-state index contributed by atoms with van der Waals surface area (Å²) in [6, 6.07) is 5.44. The van der Waals surface area contributed by atoms with Crippen LogP contribution in [-0.2, 0) is 0 Å². The Hall–Kier alpha value is -3.87. The van der Waals surface area contributed by atoms with Crippen molar-refractivity contribution in [2.75, 3.05) is 25.0 Å². The number of hydrogen-bond acceptors (Lipinski definition) is 5. The molecule has 0 radical (unpaired) electrons. The van der Waals surface area contributed by atoms with E-state index in [-0.39, 0.29) is 17.3 Å². The zero-order chi connectivity index (χ0) is 25.4. The Kier molecular flexibility index (Phi) is 6.16. The number of fused-ring (bicyclic) bond motifs is 1.